The molecular formula is C13H16F4N2O2. The number of hydrogen-bond acceptors (Lipinski definition) is 4. The van der Waals surface area contributed by atoms with Crippen molar-refractivity contribution in [3.05, 3.63) is 23.5 Å². The predicted molar refractivity (Wildman–Crippen MR) is 67.6 cm³/mol. The molecule has 1 heterocycles. The first-order valence-corrected chi connectivity index (χ1v) is 6.46. The van der Waals surface area contributed by atoms with Gasteiger partial charge in [0.15, 0.2) is 0 Å². The smallest absolute Gasteiger partial charge is 0.328 e. The average molecular weight is 308 g/mol. The largest absolute Gasteiger partial charge is 0.464 e. The zero-order chi connectivity index (χ0) is 16.2. The third kappa shape index (κ3) is 3.83. The van der Waals surface area contributed by atoms with E-state index < -0.39 is 41.2 Å². The Kier molecular flexibility index (Phi) is 5.92. The molecule has 4 nitrogen and oxygen atoms in total. The van der Waals surface area contributed by atoms with Crippen LogP contribution in [-0.4, -0.2) is 23.6 Å². The first kappa shape index (κ1) is 17.2. The molecule has 8 heteroatoms. The van der Waals surface area contributed by atoms with Crippen LogP contribution in [0.2, 0.25) is 0 Å². The molecule has 0 amide bonds. The summed E-state index contributed by atoms with van der Waals surface area (Å²) in [6.07, 6.45) is 0.482. The Bertz CT molecular complexity index is 499. The highest BCUT2D eigenvalue weighted by molar-refractivity contribution is 5.79. The van der Waals surface area contributed by atoms with Crippen molar-refractivity contribution in [2.75, 3.05) is 11.9 Å². The summed E-state index contributed by atoms with van der Waals surface area (Å²) in [5.74, 6) is -8.09. The fourth-order valence-electron chi connectivity index (χ4n) is 1.67. The quantitative estimate of drug-likeness (QED) is 0.498. The highest BCUT2D eigenvalue weighted by atomic mass is 19.2. The lowest BCUT2D eigenvalue weighted by Crippen LogP contribution is -2.38. The van der Waals surface area contributed by atoms with Crippen LogP contribution in [0.25, 0.3) is 0 Å². The van der Waals surface area contributed by atoms with Gasteiger partial charge in [0.25, 0.3) is 11.9 Å². The minimum absolute atomic E-state index is 0.0669. The first-order valence-electron chi connectivity index (χ1n) is 6.46. The summed E-state index contributed by atoms with van der Waals surface area (Å²) >= 11 is 0. The van der Waals surface area contributed by atoms with Crippen molar-refractivity contribution < 1.29 is 27.1 Å². The highest BCUT2D eigenvalue weighted by Gasteiger charge is 2.30. The van der Waals surface area contributed by atoms with Gasteiger partial charge in [0.2, 0.25) is 11.6 Å². The molecule has 0 saturated heterocycles. The minimum atomic E-state index is -1.79. The van der Waals surface area contributed by atoms with Gasteiger partial charge < -0.3 is 10.1 Å². The molecule has 1 N–H and O–H groups in total. The second-order valence-electron chi connectivity index (χ2n) is 4.46. The van der Waals surface area contributed by atoms with Gasteiger partial charge in [0.1, 0.15) is 11.7 Å². The van der Waals surface area contributed by atoms with Crippen molar-refractivity contribution >= 4 is 11.7 Å². The maximum atomic E-state index is 13.6. The Balaban J connectivity index is 3.18. The third-order valence-electron chi connectivity index (χ3n) is 3.05. The van der Waals surface area contributed by atoms with Crippen molar-refractivity contribution in [1.29, 1.82) is 0 Å². The number of esters is 1. The van der Waals surface area contributed by atoms with E-state index in [0.29, 0.717) is 6.42 Å². The summed E-state index contributed by atoms with van der Waals surface area (Å²) in [7, 11) is 0. The van der Waals surface area contributed by atoms with Crippen molar-refractivity contribution in [3.8, 4) is 0 Å². The fraction of sp³-hybridized carbons (Fsp3) is 0.538. The van der Waals surface area contributed by atoms with Gasteiger partial charge in [-0.15, -0.1) is 0 Å². The third-order valence-corrected chi connectivity index (χ3v) is 3.05. The van der Waals surface area contributed by atoms with Crippen LogP contribution in [0.5, 0.6) is 0 Å². The maximum Gasteiger partial charge on any atom is 0.328 e. The Morgan fingerprint density at radius 2 is 1.71 bits per heavy atom. The number of pyridine rings is 1. The number of hydrogen-bond donors (Lipinski definition) is 1. The van der Waals surface area contributed by atoms with Gasteiger partial charge in [0, 0.05) is 0 Å². The molecule has 21 heavy (non-hydrogen) atoms. The molecule has 118 valence electrons. The number of anilines is 1. The number of rotatable bonds is 6. The van der Waals surface area contributed by atoms with E-state index in [1.54, 1.807) is 20.8 Å². The number of aromatic nitrogens is 1. The van der Waals surface area contributed by atoms with Crippen LogP contribution >= 0.6 is 0 Å². The van der Waals surface area contributed by atoms with Crippen molar-refractivity contribution in [2.24, 2.45) is 5.92 Å². The number of nitrogens with zero attached hydrogens (tertiary/aromatic N) is 1. The van der Waals surface area contributed by atoms with Gasteiger partial charge >= 0.3 is 5.97 Å². The van der Waals surface area contributed by atoms with E-state index in [9.17, 15) is 22.4 Å². The second-order valence-corrected chi connectivity index (χ2v) is 4.46. The summed E-state index contributed by atoms with van der Waals surface area (Å²) < 4.78 is 58.0. The zero-order valence-corrected chi connectivity index (χ0v) is 11.8. The van der Waals surface area contributed by atoms with Crippen molar-refractivity contribution in [2.45, 2.75) is 33.2 Å². The fourth-order valence-corrected chi connectivity index (χ4v) is 1.67. The van der Waals surface area contributed by atoms with Gasteiger partial charge in [0.05, 0.1) is 6.61 Å². The van der Waals surface area contributed by atoms with Crippen LogP contribution in [0.4, 0.5) is 23.2 Å². The summed E-state index contributed by atoms with van der Waals surface area (Å²) in [6, 6.07) is -1.14. The Morgan fingerprint density at radius 3 is 2.14 bits per heavy atom. The summed E-state index contributed by atoms with van der Waals surface area (Å²) in [5, 5.41) is 2.19. The molecule has 0 fully saturated rings. The first-order chi connectivity index (χ1) is 9.83. The van der Waals surface area contributed by atoms with E-state index in [2.05, 4.69) is 10.3 Å². The highest BCUT2D eigenvalue weighted by Crippen LogP contribution is 2.25. The van der Waals surface area contributed by atoms with E-state index in [1.807, 2.05) is 0 Å². The standard InChI is InChI=1S/C13H16F4N2O2/c1-4-6(3)9(13(20)21-5-2)18-10-7(14)11(16)19-12(17)8(10)15/h6,9H,4-5H2,1-3H3,(H,18,19). The molecule has 0 aliphatic rings. The zero-order valence-electron chi connectivity index (χ0n) is 11.8. The molecule has 0 bridgehead atoms. The Labute approximate surface area is 119 Å². The summed E-state index contributed by atoms with van der Waals surface area (Å²) in [4.78, 5) is 14.3. The molecule has 0 radical (unpaired) electrons. The Hall–Kier alpha value is -1.86. The number of carbonyl (C=O) groups excluding carboxylic acids is 1. The summed E-state index contributed by atoms with van der Waals surface area (Å²) in [6.45, 7) is 5.02. The molecule has 0 aromatic carbocycles. The second kappa shape index (κ2) is 7.24. The summed E-state index contributed by atoms with van der Waals surface area (Å²) in [5.41, 5.74) is -1.07. The van der Waals surface area contributed by atoms with Crippen LogP contribution in [0.15, 0.2) is 0 Å². The molecule has 0 spiro atoms. The maximum absolute atomic E-state index is 13.6. The average Bonchev–Trinajstić information content (AvgIpc) is 2.45. The molecule has 0 saturated carbocycles. The number of halogens is 4. The topological polar surface area (TPSA) is 51.2 Å². The van der Waals surface area contributed by atoms with E-state index in [4.69, 9.17) is 4.74 Å². The molecule has 0 aliphatic heterocycles. The SMILES string of the molecule is CCOC(=O)C(Nc1c(F)c(F)nc(F)c1F)C(C)CC. The van der Waals surface area contributed by atoms with Crippen molar-refractivity contribution in [3.63, 3.8) is 0 Å². The van der Waals surface area contributed by atoms with E-state index >= 15 is 0 Å². The van der Waals surface area contributed by atoms with Crippen LogP contribution in [0.1, 0.15) is 27.2 Å². The molecular weight excluding hydrogens is 292 g/mol. The van der Waals surface area contributed by atoms with Gasteiger partial charge in [-0.25, -0.2) is 4.79 Å². The van der Waals surface area contributed by atoms with Crippen LogP contribution < -0.4 is 5.32 Å². The predicted octanol–water partition coefficient (Wildman–Crippen LogP) is 3.03. The van der Waals surface area contributed by atoms with Crippen LogP contribution in [0.3, 0.4) is 0 Å². The number of nitrogens with one attached hydrogen (secondary N) is 1. The Morgan fingerprint density at radius 1 is 1.19 bits per heavy atom. The molecule has 1 rings (SSSR count). The lowest BCUT2D eigenvalue weighted by molar-refractivity contribution is -0.145. The number of carbonyl (C=O) groups is 1. The van der Waals surface area contributed by atoms with Crippen LogP contribution in [-0.2, 0) is 9.53 Å². The van der Waals surface area contributed by atoms with Gasteiger partial charge in [-0.2, -0.15) is 22.5 Å². The van der Waals surface area contributed by atoms with Gasteiger partial charge in [-0.1, -0.05) is 20.3 Å². The van der Waals surface area contributed by atoms with Gasteiger partial charge in [-0.3, -0.25) is 0 Å². The van der Waals surface area contributed by atoms with E-state index in [0.717, 1.165) is 0 Å². The van der Waals surface area contributed by atoms with Crippen LogP contribution in [0, 0.1) is 29.4 Å². The monoisotopic (exact) mass is 308 g/mol. The van der Waals surface area contributed by atoms with E-state index in [-0.39, 0.29) is 12.5 Å². The van der Waals surface area contributed by atoms with Gasteiger partial charge in [-0.05, 0) is 12.8 Å². The molecule has 2 atom stereocenters. The molecule has 1 aromatic rings. The lowest BCUT2D eigenvalue weighted by Gasteiger charge is -2.23. The number of ether oxygens (including phenoxy) is 1. The lowest BCUT2D eigenvalue weighted by atomic mass is 9.99. The minimum Gasteiger partial charge on any atom is -0.464 e. The van der Waals surface area contributed by atoms with Crippen molar-refractivity contribution in [1.82, 2.24) is 4.98 Å². The molecule has 1 aromatic heterocycles. The molecule has 0 aliphatic carbocycles. The normalized spacial score (nSPS) is 13.7. The van der Waals surface area contributed by atoms with E-state index in [1.165, 1.54) is 0 Å². The molecule has 2 unspecified atom stereocenters.